The van der Waals surface area contributed by atoms with Crippen molar-refractivity contribution >= 4 is 16.8 Å². The maximum atomic E-state index is 12.7. The number of carbonyl (C=O) groups excluding carboxylic acids is 1. The lowest BCUT2D eigenvalue weighted by molar-refractivity contribution is -0.132. The number of aromatic amines is 1. The van der Waals surface area contributed by atoms with Gasteiger partial charge in [-0.3, -0.25) is 4.79 Å². The number of β-amino-alcohol motifs (C(OH)–C–C–N with tert-alkyl or cyclic N) is 1. The van der Waals surface area contributed by atoms with Crippen LogP contribution in [0.1, 0.15) is 42.9 Å². The van der Waals surface area contributed by atoms with Crippen molar-refractivity contribution in [1.29, 1.82) is 0 Å². The second kappa shape index (κ2) is 5.90. The van der Waals surface area contributed by atoms with Crippen LogP contribution in [-0.2, 0) is 11.2 Å². The predicted molar refractivity (Wildman–Crippen MR) is 91.8 cm³/mol. The molecule has 2 heterocycles. The van der Waals surface area contributed by atoms with Crippen molar-refractivity contribution in [3.63, 3.8) is 0 Å². The Bertz CT molecular complexity index is 769. The van der Waals surface area contributed by atoms with Gasteiger partial charge in [-0.2, -0.15) is 0 Å². The maximum absolute atomic E-state index is 12.7. The Morgan fingerprint density at radius 1 is 1.38 bits per heavy atom. The van der Waals surface area contributed by atoms with Crippen molar-refractivity contribution in [2.75, 3.05) is 19.7 Å². The molecule has 128 valence electrons. The number of amides is 1. The number of fused-ring (bicyclic) bond motifs is 3. The van der Waals surface area contributed by atoms with Gasteiger partial charge in [0.05, 0.1) is 13.2 Å². The maximum Gasteiger partial charge on any atom is 0.223 e. The SMILES string of the molecule is O=C(CC1CCCc2c1[nH]c1ccccc21)N1CCC(O)(CO)C1. The van der Waals surface area contributed by atoms with Crippen LogP contribution in [0, 0.1) is 0 Å². The molecule has 1 fully saturated rings. The molecule has 1 aromatic heterocycles. The molecule has 0 radical (unpaired) electrons. The van der Waals surface area contributed by atoms with Gasteiger partial charge in [0.15, 0.2) is 0 Å². The van der Waals surface area contributed by atoms with E-state index < -0.39 is 5.60 Å². The van der Waals surface area contributed by atoms with E-state index in [4.69, 9.17) is 0 Å². The van der Waals surface area contributed by atoms with Crippen molar-refractivity contribution in [3.05, 3.63) is 35.5 Å². The number of para-hydroxylation sites is 1. The van der Waals surface area contributed by atoms with E-state index in [0.717, 1.165) is 24.8 Å². The lowest BCUT2D eigenvalue weighted by Crippen LogP contribution is -2.39. The number of aryl methyl sites for hydroxylation is 1. The predicted octanol–water partition coefficient (Wildman–Crippen LogP) is 1.93. The van der Waals surface area contributed by atoms with Gasteiger partial charge in [-0.05, 0) is 37.3 Å². The zero-order chi connectivity index (χ0) is 16.7. The number of aromatic nitrogens is 1. The molecule has 3 N–H and O–H groups in total. The lowest BCUT2D eigenvalue weighted by atomic mass is 9.84. The van der Waals surface area contributed by atoms with Crippen LogP contribution in [0.3, 0.4) is 0 Å². The van der Waals surface area contributed by atoms with Gasteiger partial charge in [-0.1, -0.05) is 18.2 Å². The molecule has 2 unspecified atom stereocenters. The van der Waals surface area contributed by atoms with Crippen LogP contribution in [0.5, 0.6) is 0 Å². The van der Waals surface area contributed by atoms with Crippen molar-refractivity contribution in [1.82, 2.24) is 9.88 Å². The summed E-state index contributed by atoms with van der Waals surface area (Å²) in [6, 6.07) is 8.33. The van der Waals surface area contributed by atoms with Crippen LogP contribution in [0.15, 0.2) is 24.3 Å². The van der Waals surface area contributed by atoms with Gasteiger partial charge in [0.1, 0.15) is 5.60 Å². The Hall–Kier alpha value is -1.85. The number of rotatable bonds is 3. The summed E-state index contributed by atoms with van der Waals surface area (Å²) in [6.07, 6.45) is 4.12. The molecule has 5 heteroatoms. The fraction of sp³-hybridized carbons (Fsp3) is 0.526. The van der Waals surface area contributed by atoms with Gasteiger partial charge in [0.25, 0.3) is 0 Å². The van der Waals surface area contributed by atoms with Crippen molar-refractivity contribution in [2.45, 2.75) is 43.6 Å². The molecule has 2 atom stereocenters. The van der Waals surface area contributed by atoms with Crippen molar-refractivity contribution in [3.8, 4) is 0 Å². The molecule has 4 rings (SSSR count). The van der Waals surface area contributed by atoms with E-state index in [-0.39, 0.29) is 25.0 Å². The highest BCUT2D eigenvalue weighted by Gasteiger charge is 2.38. The number of aliphatic hydroxyl groups excluding tert-OH is 1. The van der Waals surface area contributed by atoms with E-state index in [9.17, 15) is 15.0 Å². The Kier molecular flexibility index (Phi) is 3.85. The number of hydrogen-bond acceptors (Lipinski definition) is 3. The third-order valence-corrected chi connectivity index (χ3v) is 5.63. The molecule has 2 aliphatic rings. The third-order valence-electron chi connectivity index (χ3n) is 5.63. The molecule has 0 saturated carbocycles. The van der Waals surface area contributed by atoms with Crippen LogP contribution < -0.4 is 0 Å². The third kappa shape index (κ3) is 2.62. The van der Waals surface area contributed by atoms with Gasteiger partial charge in [0.2, 0.25) is 5.91 Å². The topological polar surface area (TPSA) is 76.6 Å². The number of aliphatic hydroxyl groups is 2. The minimum Gasteiger partial charge on any atom is -0.393 e. The minimum atomic E-state index is -1.12. The average Bonchev–Trinajstić information content (AvgIpc) is 3.17. The molecular weight excluding hydrogens is 304 g/mol. The summed E-state index contributed by atoms with van der Waals surface area (Å²) in [7, 11) is 0. The number of likely N-dealkylation sites (tertiary alicyclic amines) is 1. The number of nitrogens with one attached hydrogen (secondary N) is 1. The van der Waals surface area contributed by atoms with Gasteiger partial charge >= 0.3 is 0 Å². The fourth-order valence-electron chi connectivity index (χ4n) is 4.25. The summed E-state index contributed by atoms with van der Waals surface area (Å²) in [4.78, 5) is 17.9. The first-order valence-electron chi connectivity index (χ1n) is 8.80. The summed E-state index contributed by atoms with van der Waals surface area (Å²) in [5.74, 6) is 0.298. The number of H-pyrrole nitrogens is 1. The van der Waals surface area contributed by atoms with E-state index >= 15 is 0 Å². The highest BCUT2D eigenvalue weighted by atomic mass is 16.3. The average molecular weight is 328 g/mol. The van der Waals surface area contributed by atoms with E-state index in [1.807, 2.05) is 6.07 Å². The molecule has 1 amide bonds. The Morgan fingerprint density at radius 3 is 3.00 bits per heavy atom. The van der Waals surface area contributed by atoms with Crippen molar-refractivity contribution < 1.29 is 15.0 Å². The zero-order valence-corrected chi connectivity index (χ0v) is 13.8. The highest BCUT2D eigenvalue weighted by Crippen LogP contribution is 2.38. The standard InChI is InChI=1S/C19H24N2O3/c22-12-19(24)8-9-21(11-19)17(23)10-13-4-3-6-15-14-5-1-2-7-16(14)20-18(13)15/h1-2,5,7,13,20,22,24H,3-4,6,8-12H2. The van der Waals surface area contributed by atoms with Crippen LogP contribution >= 0.6 is 0 Å². The smallest absolute Gasteiger partial charge is 0.223 e. The number of carbonyl (C=O) groups is 1. The molecule has 2 aromatic rings. The largest absolute Gasteiger partial charge is 0.393 e. The van der Waals surface area contributed by atoms with Crippen LogP contribution in [0.2, 0.25) is 0 Å². The van der Waals surface area contributed by atoms with Gasteiger partial charge in [-0.25, -0.2) is 0 Å². The molecule has 1 saturated heterocycles. The first-order valence-corrected chi connectivity index (χ1v) is 8.80. The van der Waals surface area contributed by atoms with Crippen molar-refractivity contribution in [2.24, 2.45) is 0 Å². The minimum absolute atomic E-state index is 0.0795. The summed E-state index contributed by atoms with van der Waals surface area (Å²) >= 11 is 0. The molecule has 1 aromatic carbocycles. The Morgan fingerprint density at radius 2 is 2.21 bits per heavy atom. The first-order chi connectivity index (χ1) is 11.6. The lowest BCUT2D eigenvalue weighted by Gasteiger charge is -2.26. The normalized spacial score (nSPS) is 26.8. The summed E-state index contributed by atoms with van der Waals surface area (Å²) in [6.45, 7) is 0.489. The molecule has 0 bridgehead atoms. The molecule has 1 aliphatic heterocycles. The highest BCUT2D eigenvalue weighted by molar-refractivity contribution is 5.86. The fourth-order valence-corrected chi connectivity index (χ4v) is 4.25. The number of nitrogens with zero attached hydrogens (tertiary/aromatic N) is 1. The van der Waals surface area contributed by atoms with Crippen LogP contribution in [0.4, 0.5) is 0 Å². The molecule has 5 nitrogen and oxygen atoms in total. The van der Waals surface area contributed by atoms with Crippen LogP contribution in [-0.4, -0.2) is 51.3 Å². The van der Waals surface area contributed by atoms with E-state index in [2.05, 4.69) is 23.2 Å². The van der Waals surface area contributed by atoms with E-state index in [1.165, 1.54) is 16.6 Å². The second-order valence-electron chi connectivity index (χ2n) is 7.30. The van der Waals surface area contributed by atoms with E-state index in [1.54, 1.807) is 4.90 Å². The molecule has 1 aliphatic carbocycles. The molecular formula is C19H24N2O3. The quantitative estimate of drug-likeness (QED) is 0.806. The monoisotopic (exact) mass is 328 g/mol. The summed E-state index contributed by atoms with van der Waals surface area (Å²) < 4.78 is 0. The first kappa shape index (κ1) is 15.7. The van der Waals surface area contributed by atoms with Crippen LogP contribution in [0.25, 0.3) is 10.9 Å². The number of hydrogen-bond donors (Lipinski definition) is 3. The van der Waals surface area contributed by atoms with Gasteiger partial charge < -0.3 is 20.1 Å². The second-order valence-corrected chi connectivity index (χ2v) is 7.30. The molecule has 0 spiro atoms. The Balaban J connectivity index is 1.54. The van der Waals surface area contributed by atoms with Gasteiger partial charge in [-0.15, -0.1) is 0 Å². The Labute approximate surface area is 141 Å². The summed E-state index contributed by atoms with van der Waals surface area (Å²) in [5, 5.41) is 20.7. The van der Waals surface area contributed by atoms with Gasteiger partial charge in [0, 0.05) is 35.5 Å². The summed E-state index contributed by atoms with van der Waals surface area (Å²) in [5.41, 5.74) is 2.61. The zero-order valence-electron chi connectivity index (χ0n) is 13.8. The van der Waals surface area contributed by atoms with E-state index in [0.29, 0.717) is 19.4 Å². The number of benzene rings is 1. The molecule has 24 heavy (non-hydrogen) atoms.